The second-order valence-corrected chi connectivity index (χ2v) is 4.95. The summed E-state index contributed by atoms with van der Waals surface area (Å²) in [6, 6.07) is 4.61. The Morgan fingerprint density at radius 2 is 2.00 bits per heavy atom. The van der Waals surface area contributed by atoms with Crippen LogP contribution in [-0.4, -0.2) is 43.1 Å². The number of hydrogen-bond acceptors (Lipinski definition) is 3. The van der Waals surface area contributed by atoms with Crippen LogP contribution in [0.25, 0.3) is 0 Å². The minimum Gasteiger partial charge on any atom is -0.357 e. The number of rotatable bonds is 2. The van der Waals surface area contributed by atoms with Gasteiger partial charge in [0.15, 0.2) is 0 Å². The quantitative estimate of drug-likeness (QED) is 0.789. The minimum absolute atomic E-state index is 0.701. The lowest BCUT2D eigenvalue weighted by Crippen LogP contribution is -2.42. The van der Waals surface area contributed by atoms with Gasteiger partial charge < -0.3 is 9.80 Å². The maximum absolute atomic E-state index is 5.83. The van der Waals surface area contributed by atoms with Gasteiger partial charge in [0.1, 0.15) is 5.82 Å². The van der Waals surface area contributed by atoms with Crippen molar-refractivity contribution < 1.29 is 0 Å². The van der Waals surface area contributed by atoms with E-state index >= 15 is 0 Å². The van der Waals surface area contributed by atoms with E-state index in [4.69, 9.17) is 11.6 Å². The third-order valence-electron chi connectivity index (χ3n) is 3.23. The molecule has 1 aromatic rings. The van der Waals surface area contributed by atoms with Crippen molar-refractivity contribution in [1.29, 1.82) is 0 Å². The molecule has 0 radical (unpaired) electrons. The normalized spacial score (nSPS) is 18.1. The van der Waals surface area contributed by atoms with E-state index in [1.165, 1.54) is 12.8 Å². The van der Waals surface area contributed by atoms with Gasteiger partial charge in [0.05, 0.1) is 5.02 Å². The highest BCUT2D eigenvalue weighted by Gasteiger charge is 2.21. The third-order valence-corrected chi connectivity index (χ3v) is 3.45. The summed E-state index contributed by atoms with van der Waals surface area (Å²) in [6.07, 6.45) is 4.13. The molecular formula is C12H18ClN3. The van der Waals surface area contributed by atoms with Crippen LogP contribution in [0.15, 0.2) is 18.3 Å². The SMILES string of the molecule is CN(C)C1CCN(c2ccc(Cl)cn2)CC1. The van der Waals surface area contributed by atoms with Crippen molar-refractivity contribution in [3.05, 3.63) is 23.4 Å². The Morgan fingerprint density at radius 3 is 2.50 bits per heavy atom. The van der Waals surface area contributed by atoms with Crippen molar-refractivity contribution >= 4 is 17.4 Å². The van der Waals surface area contributed by atoms with Crippen LogP contribution in [0, 0.1) is 0 Å². The summed E-state index contributed by atoms with van der Waals surface area (Å²) in [5.74, 6) is 1.04. The van der Waals surface area contributed by atoms with Gasteiger partial charge in [-0.3, -0.25) is 0 Å². The Morgan fingerprint density at radius 1 is 1.31 bits per heavy atom. The monoisotopic (exact) mass is 239 g/mol. The molecule has 0 bridgehead atoms. The van der Waals surface area contributed by atoms with E-state index < -0.39 is 0 Å². The smallest absolute Gasteiger partial charge is 0.128 e. The highest BCUT2D eigenvalue weighted by atomic mass is 35.5. The molecule has 0 aromatic carbocycles. The molecule has 3 nitrogen and oxygen atoms in total. The van der Waals surface area contributed by atoms with Gasteiger partial charge in [-0.05, 0) is 39.1 Å². The molecule has 2 heterocycles. The van der Waals surface area contributed by atoms with Gasteiger partial charge in [0.2, 0.25) is 0 Å². The standard InChI is InChI=1S/C12H18ClN3/c1-15(2)11-5-7-16(8-6-11)12-4-3-10(13)9-14-12/h3-4,9,11H,5-8H2,1-2H3. The Hall–Kier alpha value is -0.800. The second-order valence-electron chi connectivity index (χ2n) is 4.52. The first-order valence-electron chi connectivity index (χ1n) is 5.70. The van der Waals surface area contributed by atoms with Crippen LogP contribution in [0.5, 0.6) is 0 Å². The Labute approximate surface area is 102 Å². The summed E-state index contributed by atoms with van der Waals surface area (Å²) < 4.78 is 0. The molecule has 1 saturated heterocycles. The maximum Gasteiger partial charge on any atom is 0.128 e. The van der Waals surface area contributed by atoms with E-state index in [0.29, 0.717) is 11.1 Å². The first-order chi connectivity index (χ1) is 7.66. The lowest BCUT2D eigenvalue weighted by atomic mass is 10.0. The predicted molar refractivity (Wildman–Crippen MR) is 68.2 cm³/mol. The molecule has 1 fully saturated rings. The number of aromatic nitrogens is 1. The predicted octanol–water partition coefficient (Wildman–Crippen LogP) is 2.27. The van der Waals surface area contributed by atoms with E-state index in [0.717, 1.165) is 18.9 Å². The Kier molecular flexibility index (Phi) is 3.66. The molecule has 0 N–H and O–H groups in total. The molecule has 16 heavy (non-hydrogen) atoms. The van der Waals surface area contributed by atoms with Gasteiger partial charge in [0, 0.05) is 25.3 Å². The molecule has 1 aliphatic heterocycles. The van der Waals surface area contributed by atoms with Gasteiger partial charge in [-0.2, -0.15) is 0 Å². The minimum atomic E-state index is 0.701. The Bertz CT molecular complexity index is 329. The van der Waals surface area contributed by atoms with Gasteiger partial charge >= 0.3 is 0 Å². The third kappa shape index (κ3) is 2.66. The molecule has 1 aliphatic rings. The average molecular weight is 240 g/mol. The highest BCUT2D eigenvalue weighted by molar-refractivity contribution is 6.30. The molecule has 1 aromatic heterocycles. The van der Waals surface area contributed by atoms with Gasteiger partial charge in [0.25, 0.3) is 0 Å². The van der Waals surface area contributed by atoms with Crippen LogP contribution < -0.4 is 4.90 Å². The topological polar surface area (TPSA) is 19.4 Å². The summed E-state index contributed by atoms with van der Waals surface area (Å²) >= 11 is 5.83. The van der Waals surface area contributed by atoms with Gasteiger partial charge in [-0.1, -0.05) is 11.6 Å². The molecule has 0 saturated carbocycles. The van der Waals surface area contributed by atoms with Crippen LogP contribution in [0.1, 0.15) is 12.8 Å². The fourth-order valence-electron chi connectivity index (χ4n) is 2.17. The van der Waals surface area contributed by atoms with Crippen molar-refractivity contribution in [3.63, 3.8) is 0 Å². The highest BCUT2D eigenvalue weighted by Crippen LogP contribution is 2.20. The first kappa shape index (κ1) is 11.7. The van der Waals surface area contributed by atoms with Crippen LogP contribution in [0.3, 0.4) is 0 Å². The van der Waals surface area contributed by atoms with Crippen molar-refractivity contribution in [2.24, 2.45) is 0 Å². The number of nitrogens with zero attached hydrogens (tertiary/aromatic N) is 3. The molecule has 4 heteroatoms. The average Bonchev–Trinajstić information content (AvgIpc) is 2.30. The molecule has 0 aliphatic carbocycles. The summed E-state index contributed by atoms with van der Waals surface area (Å²) in [5.41, 5.74) is 0. The largest absolute Gasteiger partial charge is 0.357 e. The zero-order valence-electron chi connectivity index (χ0n) is 9.86. The maximum atomic E-state index is 5.83. The number of halogens is 1. The number of hydrogen-bond donors (Lipinski definition) is 0. The fraction of sp³-hybridized carbons (Fsp3) is 0.583. The molecule has 0 spiro atoms. The van der Waals surface area contributed by atoms with Crippen LogP contribution in [-0.2, 0) is 0 Å². The fourth-order valence-corrected chi connectivity index (χ4v) is 2.28. The number of piperidine rings is 1. The molecular weight excluding hydrogens is 222 g/mol. The van der Waals surface area contributed by atoms with Crippen molar-refractivity contribution in [2.75, 3.05) is 32.1 Å². The molecule has 2 rings (SSSR count). The van der Waals surface area contributed by atoms with Crippen molar-refractivity contribution in [3.8, 4) is 0 Å². The summed E-state index contributed by atoms with van der Waals surface area (Å²) in [6.45, 7) is 2.16. The molecule has 88 valence electrons. The van der Waals surface area contributed by atoms with E-state index in [9.17, 15) is 0 Å². The summed E-state index contributed by atoms with van der Waals surface area (Å²) in [4.78, 5) is 8.99. The zero-order chi connectivity index (χ0) is 11.5. The van der Waals surface area contributed by atoms with Crippen molar-refractivity contribution in [1.82, 2.24) is 9.88 Å². The molecule has 0 atom stereocenters. The lowest BCUT2D eigenvalue weighted by Gasteiger charge is -2.35. The van der Waals surface area contributed by atoms with E-state index in [2.05, 4.69) is 28.9 Å². The number of pyridine rings is 1. The van der Waals surface area contributed by atoms with Crippen LogP contribution >= 0.6 is 11.6 Å². The summed E-state index contributed by atoms with van der Waals surface area (Å²) in [5, 5.41) is 0.701. The Balaban J connectivity index is 1.96. The van der Waals surface area contributed by atoms with E-state index in [1.807, 2.05) is 12.1 Å². The van der Waals surface area contributed by atoms with Gasteiger partial charge in [-0.25, -0.2) is 4.98 Å². The summed E-state index contributed by atoms with van der Waals surface area (Å²) in [7, 11) is 4.31. The first-order valence-corrected chi connectivity index (χ1v) is 6.07. The van der Waals surface area contributed by atoms with Crippen LogP contribution in [0.4, 0.5) is 5.82 Å². The lowest BCUT2D eigenvalue weighted by molar-refractivity contribution is 0.249. The number of anilines is 1. The molecule has 0 unspecified atom stereocenters. The van der Waals surface area contributed by atoms with Gasteiger partial charge in [-0.15, -0.1) is 0 Å². The molecule has 0 amide bonds. The van der Waals surface area contributed by atoms with Crippen LogP contribution in [0.2, 0.25) is 5.02 Å². The van der Waals surface area contributed by atoms with Crippen molar-refractivity contribution in [2.45, 2.75) is 18.9 Å². The van der Waals surface area contributed by atoms with E-state index in [1.54, 1.807) is 6.20 Å². The zero-order valence-corrected chi connectivity index (χ0v) is 10.6. The second kappa shape index (κ2) is 5.02. The van der Waals surface area contributed by atoms with E-state index in [-0.39, 0.29) is 0 Å².